The molecule has 1 atom stereocenters. The van der Waals surface area contributed by atoms with Crippen molar-refractivity contribution >= 4 is 24.8 Å². The Morgan fingerprint density at radius 1 is 0.778 bits per heavy atom. The second-order valence-electron chi connectivity index (χ2n) is 12.2. The van der Waals surface area contributed by atoms with E-state index in [-0.39, 0.29) is 48.8 Å². The van der Waals surface area contributed by atoms with E-state index in [9.17, 15) is 30.7 Å². The van der Waals surface area contributed by atoms with Gasteiger partial charge in [-0.05, 0) is 110 Å². The van der Waals surface area contributed by atoms with Crippen LogP contribution in [-0.4, -0.2) is 30.6 Å². The van der Waals surface area contributed by atoms with Gasteiger partial charge in [-0.2, -0.15) is 26.3 Å². The zero-order chi connectivity index (χ0) is 30.8. The molecule has 0 aromatic heterocycles. The van der Waals surface area contributed by atoms with Crippen LogP contribution in [0, 0.1) is 5.82 Å². The lowest BCUT2D eigenvalue weighted by atomic mass is 9.73. The zero-order valence-electron chi connectivity index (χ0n) is 24.9. The van der Waals surface area contributed by atoms with Crippen molar-refractivity contribution in [3.8, 4) is 0 Å². The van der Waals surface area contributed by atoms with E-state index in [1.807, 2.05) is 42.5 Å². The summed E-state index contributed by atoms with van der Waals surface area (Å²) in [4.78, 5) is 2.54. The number of alkyl halides is 6. The highest BCUT2D eigenvalue weighted by Gasteiger charge is 2.40. The monoisotopic (exact) mass is 678 g/mol. The fourth-order valence-corrected chi connectivity index (χ4v) is 6.85. The van der Waals surface area contributed by atoms with Crippen LogP contribution in [0.2, 0.25) is 0 Å². The Hall–Kier alpha value is -2.33. The Bertz CT molecular complexity index is 1320. The smallest absolute Gasteiger partial charge is 0.307 e. The molecule has 0 amide bonds. The van der Waals surface area contributed by atoms with Crippen LogP contribution >= 0.6 is 24.8 Å². The number of halogens is 9. The van der Waals surface area contributed by atoms with E-state index in [0.717, 1.165) is 69.3 Å². The SMILES string of the molecule is CC(CN[C@]1(c2ccccc2)CC[C@@H](N2CCC(c3ccc(F)cc3)CC2)CC1)c1cc(C(F)(F)F)cc(C(F)(F)F)c1.Cl.Cl. The van der Waals surface area contributed by atoms with Crippen molar-refractivity contribution in [1.29, 1.82) is 0 Å². The third-order valence-corrected chi connectivity index (χ3v) is 9.45. The Labute approximate surface area is 272 Å². The fraction of sp³-hybridized carbons (Fsp3) is 0.471. The molecular formula is C34H39Cl2F7N2. The van der Waals surface area contributed by atoms with E-state index in [1.54, 1.807) is 6.92 Å². The summed E-state index contributed by atoms with van der Waals surface area (Å²) in [5.74, 6) is -0.387. The van der Waals surface area contributed by atoms with Crippen LogP contribution in [0.3, 0.4) is 0 Å². The first kappa shape index (κ1) is 37.1. The third kappa shape index (κ3) is 8.93. The predicted molar refractivity (Wildman–Crippen MR) is 168 cm³/mol. The predicted octanol–water partition coefficient (Wildman–Crippen LogP) is 10.1. The fourth-order valence-electron chi connectivity index (χ4n) is 6.85. The van der Waals surface area contributed by atoms with Gasteiger partial charge in [-0.1, -0.05) is 49.4 Å². The maximum absolute atomic E-state index is 13.5. The third-order valence-electron chi connectivity index (χ3n) is 9.45. The highest BCUT2D eigenvalue weighted by atomic mass is 35.5. The van der Waals surface area contributed by atoms with Crippen molar-refractivity contribution in [1.82, 2.24) is 10.2 Å². The van der Waals surface area contributed by atoms with Crippen LogP contribution in [0.1, 0.15) is 85.1 Å². The van der Waals surface area contributed by atoms with E-state index in [4.69, 9.17) is 0 Å². The number of rotatable bonds is 7. The molecule has 0 radical (unpaired) electrons. The van der Waals surface area contributed by atoms with E-state index < -0.39 is 34.9 Å². The molecule has 3 aromatic rings. The van der Waals surface area contributed by atoms with Crippen LogP contribution in [-0.2, 0) is 17.9 Å². The quantitative estimate of drug-likeness (QED) is 0.250. The average Bonchev–Trinajstić information content (AvgIpc) is 3.00. The molecular weight excluding hydrogens is 640 g/mol. The van der Waals surface area contributed by atoms with Crippen LogP contribution in [0.5, 0.6) is 0 Å². The maximum atomic E-state index is 13.5. The number of hydrogen-bond acceptors (Lipinski definition) is 2. The van der Waals surface area contributed by atoms with Crippen LogP contribution in [0.15, 0.2) is 72.8 Å². The largest absolute Gasteiger partial charge is 0.416 e. The molecule has 1 unspecified atom stereocenters. The summed E-state index contributed by atoms with van der Waals surface area (Å²) in [7, 11) is 0. The van der Waals surface area contributed by atoms with E-state index in [0.29, 0.717) is 12.0 Å². The minimum atomic E-state index is -4.87. The number of nitrogens with zero attached hydrogens (tertiary/aromatic N) is 1. The highest BCUT2D eigenvalue weighted by molar-refractivity contribution is 5.85. The summed E-state index contributed by atoms with van der Waals surface area (Å²) in [6, 6.07) is 19.0. The summed E-state index contributed by atoms with van der Waals surface area (Å²) in [6.07, 6.45) is -4.25. The van der Waals surface area contributed by atoms with Crippen molar-refractivity contribution in [2.24, 2.45) is 0 Å². The number of hydrogen-bond donors (Lipinski definition) is 1. The summed E-state index contributed by atoms with van der Waals surface area (Å²) in [6.45, 7) is 3.83. The molecule has 0 bridgehead atoms. The maximum Gasteiger partial charge on any atom is 0.416 e. The molecule has 1 aliphatic carbocycles. The van der Waals surface area contributed by atoms with Crippen molar-refractivity contribution in [2.45, 2.75) is 81.2 Å². The van der Waals surface area contributed by atoms with Gasteiger partial charge >= 0.3 is 12.4 Å². The number of benzene rings is 3. The van der Waals surface area contributed by atoms with E-state index in [2.05, 4.69) is 10.2 Å². The standard InChI is InChI=1S/C34H37F7N2.2ClH/c1-23(26-19-28(33(36,37)38)21-29(20-26)34(39,40)41)22-42-32(27-5-3-2-4-6-27)15-11-31(12-16-32)43-17-13-25(14-18-43)24-7-9-30(35)10-8-24;;/h2-10,19-21,23,25,31,42H,11-18,22H2,1H3;2*1H/t23?,31-,32-;;. The molecule has 1 saturated heterocycles. The van der Waals surface area contributed by atoms with Crippen molar-refractivity contribution in [3.63, 3.8) is 0 Å². The molecule has 1 aliphatic heterocycles. The van der Waals surface area contributed by atoms with Gasteiger partial charge in [0.25, 0.3) is 0 Å². The molecule has 5 rings (SSSR count). The van der Waals surface area contributed by atoms with Gasteiger partial charge in [0.05, 0.1) is 11.1 Å². The summed E-state index contributed by atoms with van der Waals surface area (Å²) < 4.78 is 94.2. The summed E-state index contributed by atoms with van der Waals surface area (Å²) >= 11 is 0. The van der Waals surface area contributed by atoms with Crippen LogP contribution in [0.4, 0.5) is 30.7 Å². The Balaban J connectivity index is 0.00000276. The second-order valence-corrected chi connectivity index (χ2v) is 12.2. The van der Waals surface area contributed by atoms with Gasteiger partial charge in [0.15, 0.2) is 0 Å². The molecule has 1 N–H and O–H groups in total. The van der Waals surface area contributed by atoms with Crippen molar-refractivity contribution in [3.05, 3.63) is 106 Å². The molecule has 45 heavy (non-hydrogen) atoms. The Kier molecular flexibility index (Phi) is 12.4. The molecule has 1 heterocycles. The number of nitrogens with one attached hydrogen (secondary N) is 1. The summed E-state index contributed by atoms with van der Waals surface area (Å²) in [5.41, 5.74) is -0.732. The van der Waals surface area contributed by atoms with Gasteiger partial charge in [0.2, 0.25) is 0 Å². The first-order valence-corrected chi connectivity index (χ1v) is 14.9. The molecule has 2 nitrogen and oxygen atoms in total. The van der Waals surface area contributed by atoms with Crippen molar-refractivity contribution < 1.29 is 30.7 Å². The minimum Gasteiger partial charge on any atom is -0.307 e. The van der Waals surface area contributed by atoms with Gasteiger partial charge in [-0.3, -0.25) is 0 Å². The van der Waals surface area contributed by atoms with E-state index >= 15 is 0 Å². The lowest BCUT2D eigenvalue weighted by Crippen LogP contribution is -2.51. The first-order chi connectivity index (χ1) is 20.3. The first-order valence-electron chi connectivity index (χ1n) is 14.9. The Morgan fingerprint density at radius 3 is 1.82 bits per heavy atom. The van der Waals surface area contributed by atoms with Crippen molar-refractivity contribution in [2.75, 3.05) is 19.6 Å². The lowest BCUT2D eigenvalue weighted by Gasteiger charge is -2.46. The molecule has 1 saturated carbocycles. The zero-order valence-corrected chi connectivity index (χ0v) is 26.6. The van der Waals surface area contributed by atoms with Gasteiger partial charge in [0.1, 0.15) is 5.82 Å². The topological polar surface area (TPSA) is 15.3 Å². The number of piperidine rings is 1. The molecule has 2 fully saturated rings. The van der Waals surface area contributed by atoms with Crippen LogP contribution < -0.4 is 5.32 Å². The summed E-state index contributed by atoms with van der Waals surface area (Å²) in [5, 5.41) is 3.61. The van der Waals surface area contributed by atoms with E-state index in [1.165, 1.54) is 17.7 Å². The minimum absolute atomic E-state index is 0. The molecule has 11 heteroatoms. The lowest BCUT2D eigenvalue weighted by molar-refractivity contribution is -0.143. The van der Waals surface area contributed by atoms with Gasteiger partial charge in [-0.25, -0.2) is 4.39 Å². The average molecular weight is 680 g/mol. The van der Waals surface area contributed by atoms with Gasteiger partial charge in [-0.15, -0.1) is 24.8 Å². The Morgan fingerprint density at radius 2 is 1.31 bits per heavy atom. The number of likely N-dealkylation sites (tertiary alicyclic amines) is 1. The van der Waals surface area contributed by atoms with Gasteiger partial charge in [0, 0.05) is 18.1 Å². The van der Waals surface area contributed by atoms with Crippen LogP contribution in [0.25, 0.3) is 0 Å². The van der Waals surface area contributed by atoms with Gasteiger partial charge < -0.3 is 10.2 Å². The molecule has 0 spiro atoms. The second kappa shape index (κ2) is 15.1. The molecule has 3 aromatic carbocycles. The molecule has 248 valence electrons. The normalized spacial score (nSPS) is 22.3. The highest BCUT2D eigenvalue weighted by Crippen LogP contribution is 2.42. The molecule has 2 aliphatic rings.